The average Bonchev–Trinajstić information content (AvgIpc) is 2.76. The summed E-state index contributed by atoms with van der Waals surface area (Å²) in [7, 11) is 1.53. The SMILES string of the molecule is C=CC(=O)N1CCOC(c2cc(Cl)nc(-c3cc(C(=O)NC)ncn3)c2)C1C(C)C. The number of nitrogens with one attached hydrogen (secondary N) is 1. The lowest BCUT2D eigenvalue weighted by atomic mass is 9.90. The molecule has 1 saturated heterocycles. The van der Waals surface area contributed by atoms with Crippen molar-refractivity contribution in [2.45, 2.75) is 26.0 Å². The molecule has 0 aromatic carbocycles. The van der Waals surface area contributed by atoms with Gasteiger partial charge < -0.3 is 15.0 Å². The van der Waals surface area contributed by atoms with Gasteiger partial charge in [-0.2, -0.15) is 0 Å². The fraction of sp³-hybridized carbons (Fsp3) is 0.381. The van der Waals surface area contributed by atoms with E-state index >= 15 is 0 Å². The standard InChI is InChI=1S/C21H24ClN5O3/c1-5-18(28)27-6-7-30-20(19(27)12(2)3)13-8-15(26-17(22)9-13)14-10-16(21(29)23-4)25-11-24-14/h5,8-12,19-20H,1,6-7H2,2-4H3,(H,23,29). The minimum Gasteiger partial charge on any atom is -0.370 e. The first-order valence-electron chi connectivity index (χ1n) is 9.62. The minimum absolute atomic E-state index is 0.131. The van der Waals surface area contributed by atoms with E-state index in [2.05, 4.69) is 26.8 Å². The van der Waals surface area contributed by atoms with E-state index in [9.17, 15) is 9.59 Å². The Kier molecular flexibility index (Phi) is 6.79. The van der Waals surface area contributed by atoms with E-state index in [4.69, 9.17) is 16.3 Å². The first kappa shape index (κ1) is 21.9. The highest BCUT2D eigenvalue weighted by Crippen LogP contribution is 2.35. The topological polar surface area (TPSA) is 97.3 Å². The maximum absolute atomic E-state index is 12.4. The van der Waals surface area contributed by atoms with Gasteiger partial charge in [0.25, 0.3) is 5.91 Å². The number of carbonyl (C=O) groups is 2. The van der Waals surface area contributed by atoms with E-state index in [0.29, 0.717) is 24.5 Å². The van der Waals surface area contributed by atoms with Gasteiger partial charge in [0, 0.05) is 13.6 Å². The number of ether oxygens (including phenoxy) is 1. The van der Waals surface area contributed by atoms with Gasteiger partial charge in [-0.15, -0.1) is 0 Å². The minimum atomic E-state index is -0.387. The Hall–Kier alpha value is -2.84. The molecule has 1 aliphatic heterocycles. The first-order valence-corrected chi connectivity index (χ1v) is 10.00. The van der Waals surface area contributed by atoms with E-state index in [1.807, 2.05) is 19.9 Å². The summed E-state index contributed by atoms with van der Waals surface area (Å²) >= 11 is 6.32. The zero-order valence-electron chi connectivity index (χ0n) is 17.1. The Bertz CT molecular complexity index is 965. The summed E-state index contributed by atoms with van der Waals surface area (Å²) in [4.78, 5) is 38.7. The largest absolute Gasteiger partial charge is 0.370 e. The smallest absolute Gasteiger partial charge is 0.269 e. The summed E-state index contributed by atoms with van der Waals surface area (Å²) in [5.41, 5.74) is 1.96. The van der Waals surface area contributed by atoms with Crippen molar-refractivity contribution in [1.29, 1.82) is 0 Å². The number of morpholine rings is 1. The molecule has 9 heteroatoms. The van der Waals surface area contributed by atoms with Crippen molar-refractivity contribution in [3.05, 3.63) is 53.6 Å². The monoisotopic (exact) mass is 429 g/mol. The fourth-order valence-electron chi connectivity index (χ4n) is 3.63. The Morgan fingerprint density at radius 3 is 2.73 bits per heavy atom. The van der Waals surface area contributed by atoms with Gasteiger partial charge in [0.05, 0.1) is 24.0 Å². The van der Waals surface area contributed by atoms with Crippen LogP contribution in [0.3, 0.4) is 0 Å². The van der Waals surface area contributed by atoms with Gasteiger partial charge in [0.15, 0.2) is 0 Å². The van der Waals surface area contributed by atoms with E-state index in [1.54, 1.807) is 17.0 Å². The second kappa shape index (κ2) is 9.32. The van der Waals surface area contributed by atoms with E-state index in [1.165, 1.54) is 19.5 Å². The highest BCUT2D eigenvalue weighted by atomic mass is 35.5. The summed E-state index contributed by atoms with van der Waals surface area (Å²) in [5.74, 6) is -0.322. The van der Waals surface area contributed by atoms with Crippen LogP contribution in [0.5, 0.6) is 0 Å². The number of nitrogens with zero attached hydrogens (tertiary/aromatic N) is 4. The maximum atomic E-state index is 12.4. The predicted octanol–water partition coefficient (Wildman–Crippen LogP) is 2.66. The lowest BCUT2D eigenvalue weighted by Crippen LogP contribution is -2.52. The van der Waals surface area contributed by atoms with E-state index < -0.39 is 0 Å². The molecule has 1 fully saturated rings. The predicted molar refractivity (Wildman–Crippen MR) is 113 cm³/mol. The third-order valence-corrected chi connectivity index (χ3v) is 5.17. The van der Waals surface area contributed by atoms with Gasteiger partial charge in [-0.3, -0.25) is 9.59 Å². The van der Waals surface area contributed by atoms with Crippen LogP contribution in [0, 0.1) is 5.92 Å². The Morgan fingerprint density at radius 1 is 1.30 bits per heavy atom. The number of rotatable bonds is 5. The molecule has 2 amide bonds. The van der Waals surface area contributed by atoms with Crippen molar-refractivity contribution in [3.63, 3.8) is 0 Å². The van der Waals surface area contributed by atoms with Crippen molar-refractivity contribution < 1.29 is 14.3 Å². The highest BCUT2D eigenvalue weighted by Gasteiger charge is 2.37. The van der Waals surface area contributed by atoms with Crippen LogP contribution in [0.4, 0.5) is 0 Å². The highest BCUT2D eigenvalue weighted by molar-refractivity contribution is 6.29. The fourth-order valence-corrected chi connectivity index (χ4v) is 3.85. The number of pyridine rings is 1. The summed E-state index contributed by atoms with van der Waals surface area (Å²) in [6, 6.07) is 4.91. The van der Waals surface area contributed by atoms with Gasteiger partial charge in [-0.05, 0) is 35.8 Å². The van der Waals surface area contributed by atoms with Crippen molar-refractivity contribution in [3.8, 4) is 11.4 Å². The summed E-state index contributed by atoms with van der Waals surface area (Å²) in [5, 5.41) is 2.80. The zero-order chi connectivity index (χ0) is 21.8. The second-order valence-corrected chi connectivity index (χ2v) is 7.63. The molecule has 8 nitrogen and oxygen atoms in total. The first-order chi connectivity index (χ1) is 14.3. The van der Waals surface area contributed by atoms with Crippen LogP contribution in [-0.2, 0) is 9.53 Å². The van der Waals surface area contributed by atoms with Crippen LogP contribution in [0.2, 0.25) is 5.15 Å². The van der Waals surface area contributed by atoms with Crippen molar-refractivity contribution >= 4 is 23.4 Å². The van der Waals surface area contributed by atoms with Gasteiger partial charge in [-0.25, -0.2) is 15.0 Å². The van der Waals surface area contributed by atoms with Gasteiger partial charge in [0.1, 0.15) is 23.3 Å². The summed E-state index contributed by atoms with van der Waals surface area (Å²) in [6.45, 7) is 8.59. The molecule has 3 heterocycles. The molecule has 2 aromatic rings. The Labute approximate surface area is 180 Å². The van der Waals surface area contributed by atoms with Crippen LogP contribution in [0.25, 0.3) is 11.4 Å². The maximum Gasteiger partial charge on any atom is 0.269 e. The molecule has 0 aliphatic carbocycles. The molecule has 30 heavy (non-hydrogen) atoms. The number of hydrogen-bond acceptors (Lipinski definition) is 6. The average molecular weight is 430 g/mol. The summed E-state index contributed by atoms with van der Waals surface area (Å²) < 4.78 is 6.08. The normalized spacial score (nSPS) is 18.9. The molecule has 0 radical (unpaired) electrons. The second-order valence-electron chi connectivity index (χ2n) is 7.24. The molecular weight excluding hydrogens is 406 g/mol. The molecule has 2 atom stereocenters. The lowest BCUT2D eigenvalue weighted by Gasteiger charge is -2.43. The van der Waals surface area contributed by atoms with Crippen LogP contribution >= 0.6 is 11.6 Å². The van der Waals surface area contributed by atoms with Gasteiger partial charge in [0.2, 0.25) is 5.91 Å². The third-order valence-electron chi connectivity index (χ3n) is 4.97. The van der Waals surface area contributed by atoms with Crippen molar-refractivity contribution in [2.24, 2.45) is 5.92 Å². The number of carbonyl (C=O) groups excluding carboxylic acids is 2. The molecule has 158 valence electrons. The number of aromatic nitrogens is 3. The number of halogens is 1. The van der Waals surface area contributed by atoms with E-state index in [-0.39, 0.29) is 40.7 Å². The van der Waals surface area contributed by atoms with Crippen LogP contribution in [-0.4, -0.2) is 57.9 Å². The Morgan fingerprint density at radius 2 is 2.07 bits per heavy atom. The lowest BCUT2D eigenvalue weighted by molar-refractivity contribution is -0.145. The molecule has 0 spiro atoms. The van der Waals surface area contributed by atoms with E-state index in [0.717, 1.165) is 5.56 Å². The molecule has 1 N–H and O–H groups in total. The molecule has 0 bridgehead atoms. The van der Waals surface area contributed by atoms with Crippen molar-refractivity contribution in [1.82, 2.24) is 25.2 Å². The molecular formula is C21H24ClN5O3. The zero-order valence-corrected chi connectivity index (χ0v) is 17.9. The quantitative estimate of drug-likeness (QED) is 0.579. The van der Waals surface area contributed by atoms with Crippen LogP contribution in [0.1, 0.15) is 36.0 Å². The summed E-state index contributed by atoms with van der Waals surface area (Å²) in [6.07, 6.45) is 2.24. The molecule has 2 unspecified atom stereocenters. The van der Waals surface area contributed by atoms with Gasteiger partial charge >= 0.3 is 0 Å². The Balaban J connectivity index is 2.03. The van der Waals surface area contributed by atoms with Gasteiger partial charge in [-0.1, -0.05) is 32.0 Å². The van der Waals surface area contributed by atoms with Crippen molar-refractivity contribution in [2.75, 3.05) is 20.2 Å². The van der Waals surface area contributed by atoms with Crippen LogP contribution < -0.4 is 5.32 Å². The molecule has 3 rings (SSSR count). The number of hydrogen-bond donors (Lipinski definition) is 1. The molecule has 1 aliphatic rings. The molecule has 2 aromatic heterocycles. The number of amides is 2. The van der Waals surface area contributed by atoms with Crippen LogP contribution in [0.15, 0.2) is 37.2 Å². The third kappa shape index (κ3) is 4.49. The molecule has 0 saturated carbocycles.